The molecule has 1 N–H and O–H groups in total. The lowest BCUT2D eigenvalue weighted by molar-refractivity contribution is 0.137. The number of halogens is 1. The number of nitrogens with one attached hydrogen (secondary N) is 1. The maximum absolute atomic E-state index is 14.3. The van der Waals surface area contributed by atoms with Crippen molar-refractivity contribution < 1.29 is 18.6 Å². The van der Waals surface area contributed by atoms with Crippen LogP contribution < -0.4 is 25.1 Å². The predicted molar refractivity (Wildman–Crippen MR) is 124 cm³/mol. The highest BCUT2D eigenvalue weighted by atomic mass is 19.1. The lowest BCUT2D eigenvalue weighted by atomic mass is 10.0. The molecule has 3 aromatic rings. The Morgan fingerprint density at radius 1 is 1.06 bits per heavy atom. The van der Waals surface area contributed by atoms with Gasteiger partial charge in [0.05, 0.1) is 23.4 Å². The molecule has 1 aromatic carbocycles. The molecule has 5 heterocycles. The Bertz CT molecular complexity index is 1270. The second kappa shape index (κ2) is 8.88. The van der Waals surface area contributed by atoms with Crippen molar-refractivity contribution in [3.05, 3.63) is 58.4 Å². The van der Waals surface area contributed by atoms with Gasteiger partial charge in [-0.05, 0) is 44.1 Å². The molecule has 34 heavy (non-hydrogen) atoms. The normalized spacial score (nSPS) is 20.3. The Balaban J connectivity index is 1.07. The largest absolute Gasteiger partial charge is 0.486 e. The second-order valence-electron chi connectivity index (χ2n) is 9.10. The minimum atomic E-state index is -0.426. The number of aromatic nitrogens is 2. The zero-order valence-corrected chi connectivity index (χ0v) is 18.8. The number of piperidine rings is 1. The van der Waals surface area contributed by atoms with E-state index in [1.54, 1.807) is 29.0 Å². The molecular formula is C25H27FN4O4. The number of likely N-dealkylation sites (tertiary alicyclic amines) is 1. The summed E-state index contributed by atoms with van der Waals surface area (Å²) in [6.45, 7) is 4.64. The summed E-state index contributed by atoms with van der Waals surface area (Å²) in [5, 5.41) is 4.42. The number of fused-ring (bicyclic) bond motifs is 1. The third-order valence-corrected chi connectivity index (χ3v) is 6.90. The molecule has 0 saturated carbocycles. The summed E-state index contributed by atoms with van der Waals surface area (Å²) < 4.78 is 33.0. The van der Waals surface area contributed by atoms with E-state index >= 15 is 0 Å². The Morgan fingerprint density at radius 2 is 1.85 bits per heavy atom. The van der Waals surface area contributed by atoms with Crippen LogP contribution in [-0.4, -0.2) is 59.9 Å². The van der Waals surface area contributed by atoms with Crippen LogP contribution in [0.1, 0.15) is 24.6 Å². The first kappa shape index (κ1) is 21.4. The van der Waals surface area contributed by atoms with Crippen molar-refractivity contribution >= 4 is 10.9 Å². The number of benzene rings is 1. The summed E-state index contributed by atoms with van der Waals surface area (Å²) in [4.78, 5) is 19.5. The quantitative estimate of drug-likeness (QED) is 0.619. The highest BCUT2D eigenvalue weighted by Gasteiger charge is 2.29. The van der Waals surface area contributed by atoms with Gasteiger partial charge in [0.1, 0.15) is 19.8 Å². The molecule has 3 aliphatic rings. The number of rotatable bonds is 5. The number of hydrogen-bond acceptors (Lipinski definition) is 7. The first-order valence-corrected chi connectivity index (χ1v) is 11.8. The van der Waals surface area contributed by atoms with E-state index < -0.39 is 5.82 Å². The lowest BCUT2D eigenvalue weighted by Crippen LogP contribution is -2.46. The van der Waals surface area contributed by atoms with E-state index in [4.69, 9.17) is 14.2 Å². The molecular weight excluding hydrogens is 439 g/mol. The molecule has 0 spiro atoms. The Labute approximate surface area is 196 Å². The highest BCUT2D eigenvalue weighted by molar-refractivity contribution is 5.85. The zero-order valence-electron chi connectivity index (χ0n) is 18.8. The van der Waals surface area contributed by atoms with Crippen LogP contribution in [0.2, 0.25) is 0 Å². The molecule has 0 bridgehead atoms. The smallest absolute Gasteiger partial charge is 0.251 e. The SMILES string of the molecule is O=c1ccc2ccc(F)c3c2n1[C@@H](CN1CCC(NCc2cc4c(cn2)OCCO4)CC1)CO3. The van der Waals surface area contributed by atoms with Gasteiger partial charge in [-0.1, -0.05) is 0 Å². The second-order valence-corrected chi connectivity index (χ2v) is 9.10. The molecule has 6 rings (SSSR count). The Kier molecular flexibility index (Phi) is 5.58. The summed E-state index contributed by atoms with van der Waals surface area (Å²) in [5.74, 6) is 1.22. The molecule has 0 unspecified atom stereocenters. The zero-order chi connectivity index (χ0) is 23.1. The number of ether oxygens (including phenoxy) is 3. The molecule has 1 saturated heterocycles. The van der Waals surface area contributed by atoms with E-state index in [-0.39, 0.29) is 17.4 Å². The van der Waals surface area contributed by atoms with Crippen molar-refractivity contribution in [2.75, 3.05) is 39.5 Å². The molecule has 8 nitrogen and oxygen atoms in total. The van der Waals surface area contributed by atoms with Gasteiger partial charge in [0.2, 0.25) is 0 Å². The van der Waals surface area contributed by atoms with E-state index in [2.05, 4.69) is 15.2 Å². The van der Waals surface area contributed by atoms with Gasteiger partial charge in [0, 0.05) is 36.7 Å². The van der Waals surface area contributed by atoms with Gasteiger partial charge in [0.25, 0.3) is 5.56 Å². The molecule has 178 valence electrons. The van der Waals surface area contributed by atoms with Crippen molar-refractivity contribution in [1.29, 1.82) is 0 Å². The van der Waals surface area contributed by atoms with Crippen molar-refractivity contribution in [3.63, 3.8) is 0 Å². The van der Waals surface area contributed by atoms with Crippen molar-refractivity contribution in [2.45, 2.75) is 31.5 Å². The highest BCUT2D eigenvalue weighted by Crippen LogP contribution is 2.34. The van der Waals surface area contributed by atoms with Crippen LogP contribution >= 0.6 is 0 Å². The summed E-state index contributed by atoms with van der Waals surface area (Å²) >= 11 is 0. The van der Waals surface area contributed by atoms with E-state index in [9.17, 15) is 9.18 Å². The third kappa shape index (κ3) is 3.99. The monoisotopic (exact) mass is 466 g/mol. The molecule has 3 aliphatic heterocycles. The van der Waals surface area contributed by atoms with E-state index in [1.807, 2.05) is 6.07 Å². The molecule has 0 amide bonds. The fraction of sp³-hybridized carbons (Fsp3) is 0.440. The average Bonchev–Trinajstić information content (AvgIpc) is 2.87. The van der Waals surface area contributed by atoms with E-state index in [0.29, 0.717) is 50.2 Å². The summed E-state index contributed by atoms with van der Waals surface area (Å²) in [6, 6.07) is 8.58. The fourth-order valence-electron chi connectivity index (χ4n) is 5.14. The Hall–Kier alpha value is -3.17. The number of hydrogen-bond donors (Lipinski definition) is 1. The maximum atomic E-state index is 14.3. The van der Waals surface area contributed by atoms with Crippen LogP contribution in [0.25, 0.3) is 10.9 Å². The Morgan fingerprint density at radius 3 is 2.71 bits per heavy atom. The fourth-order valence-corrected chi connectivity index (χ4v) is 5.14. The minimum absolute atomic E-state index is 0.115. The van der Waals surface area contributed by atoms with Gasteiger partial charge in [-0.3, -0.25) is 14.3 Å². The van der Waals surface area contributed by atoms with Gasteiger partial charge in [-0.15, -0.1) is 0 Å². The molecule has 1 atom stereocenters. The van der Waals surface area contributed by atoms with Gasteiger partial charge < -0.3 is 24.4 Å². The van der Waals surface area contributed by atoms with Crippen LogP contribution in [0.4, 0.5) is 4.39 Å². The van der Waals surface area contributed by atoms with Crippen molar-refractivity contribution in [2.24, 2.45) is 0 Å². The summed E-state index contributed by atoms with van der Waals surface area (Å²) in [5.41, 5.74) is 1.38. The number of pyridine rings is 2. The maximum Gasteiger partial charge on any atom is 0.251 e. The molecule has 9 heteroatoms. The first-order chi connectivity index (χ1) is 16.7. The van der Waals surface area contributed by atoms with Gasteiger partial charge in [0.15, 0.2) is 23.1 Å². The minimum Gasteiger partial charge on any atom is -0.486 e. The lowest BCUT2D eigenvalue weighted by Gasteiger charge is -2.36. The van der Waals surface area contributed by atoms with Crippen molar-refractivity contribution in [1.82, 2.24) is 19.8 Å². The van der Waals surface area contributed by atoms with Crippen LogP contribution in [0.5, 0.6) is 17.2 Å². The van der Waals surface area contributed by atoms with Crippen LogP contribution in [-0.2, 0) is 6.54 Å². The topological polar surface area (TPSA) is 77.9 Å². The molecule has 0 radical (unpaired) electrons. The van der Waals surface area contributed by atoms with E-state index in [0.717, 1.165) is 42.8 Å². The van der Waals surface area contributed by atoms with Crippen molar-refractivity contribution in [3.8, 4) is 17.2 Å². The van der Waals surface area contributed by atoms with Crippen LogP contribution in [0.15, 0.2) is 41.3 Å². The van der Waals surface area contributed by atoms with Gasteiger partial charge in [-0.25, -0.2) is 4.39 Å². The molecule has 2 aromatic heterocycles. The standard InChI is InChI=1S/C25H27FN4O4/c26-20-3-1-16-2-4-23(31)30-19(15-34-25(20)24(16)30)14-29-7-5-17(6-8-29)27-12-18-11-21-22(13-28-18)33-10-9-32-21/h1-4,11,13,17,19,27H,5-10,12,14-15H2/t19-/m0/s1. The van der Waals surface area contributed by atoms with Crippen LogP contribution in [0.3, 0.4) is 0 Å². The number of nitrogens with zero attached hydrogens (tertiary/aromatic N) is 3. The third-order valence-electron chi connectivity index (χ3n) is 6.90. The van der Waals surface area contributed by atoms with E-state index in [1.165, 1.54) is 6.07 Å². The van der Waals surface area contributed by atoms with Gasteiger partial charge in [-0.2, -0.15) is 0 Å². The predicted octanol–water partition coefficient (Wildman–Crippen LogP) is 2.49. The first-order valence-electron chi connectivity index (χ1n) is 11.8. The molecule has 1 fully saturated rings. The van der Waals surface area contributed by atoms with Crippen LogP contribution in [0, 0.1) is 5.82 Å². The summed E-state index contributed by atoms with van der Waals surface area (Å²) in [6.07, 6.45) is 3.73. The molecule has 0 aliphatic carbocycles. The summed E-state index contributed by atoms with van der Waals surface area (Å²) in [7, 11) is 0. The average molecular weight is 467 g/mol. The van der Waals surface area contributed by atoms with Gasteiger partial charge >= 0.3 is 0 Å².